The number of aryl methyl sites for hydroxylation is 1. The number of pyridine rings is 1. The molecule has 0 aliphatic rings. The summed E-state index contributed by atoms with van der Waals surface area (Å²) in [4.78, 5) is 55.3. The van der Waals surface area contributed by atoms with Crippen molar-refractivity contribution in [3.8, 4) is 0 Å². The Morgan fingerprint density at radius 3 is 2.48 bits per heavy atom. The molecule has 9 heteroatoms. The van der Waals surface area contributed by atoms with E-state index < -0.39 is 29.2 Å². The molecule has 1 atom stereocenters. The van der Waals surface area contributed by atoms with Crippen LogP contribution in [0.5, 0.6) is 0 Å². The predicted octanol–water partition coefficient (Wildman–Crippen LogP) is 1.21. The summed E-state index contributed by atoms with van der Waals surface area (Å²) < 4.78 is 1.33. The zero-order valence-electron chi connectivity index (χ0n) is 15.8. The first kappa shape index (κ1) is 20.3. The van der Waals surface area contributed by atoms with Crippen molar-refractivity contribution >= 4 is 22.9 Å². The Morgan fingerprint density at radius 2 is 1.96 bits per heavy atom. The second kappa shape index (κ2) is 8.15. The van der Waals surface area contributed by atoms with Crippen LogP contribution < -0.4 is 16.6 Å². The van der Waals surface area contributed by atoms with Crippen molar-refractivity contribution in [1.29, 1.82) is 0 Å². The second-order valence-electron chi connectivity index (χ2n) is 6.63. The number of aromatic amines is 1. The molecule has 0 aliphatic carbocycles. The normalized spacial score (nSPS) is 12.3. The van der Waals surface area contributed by atoms with Crippen molar-refractivity contribution in [2.45, 2.75) is 59.0 Å². The van der Waals surface area contributed by atoms with Crippen molar-refractivity contribution in [3.63, 3.8) is 0 Å². The fourth-order valence-electron chi connectivity index (χ4n) is 2.77. The number of fused-ring (bicyclic) bond motifs is 1. The molecule has 0 saturated carbocycles. The van der Waals surface area contributed by atoms with Gasteiger partial charge in [-0.05, 0) is 24.8 Å². The van der Waals surface area contributed by atoms with Gasteiger partial charge in [0.25, 0.3) is 11.5 Å². The molecule has 2 rings (SSSR count). The van der Waals surface area contributed by atoms with Crippen LogP contribution in [0.15, 0.2) is 15.7 Å². The molecule has 0 saturated heterocycles. The molecule has 0 aromatic carbocycles. The molecule has 2 heterocycles. The summed E-state index contributed by atoms with van der Waals surface area (Å²) in [5.41, 5.74) is -0.643. The second-order valence-corrected chi connectivity index (χ2v) is 6.63. The Morgan fingerprint density at radius 1 is 1.30 bits per heavy atom. The minimum absolute atomic E-state index is 0.00880. The van der Waals surface area contributed by atoms with E-state index in [-0.39, 0.29) is 28.9 Å². The Labute approximate surface area is 155 Å². The van der Waals surface area contributed by atoms with Gasteiger partial charge in [-0.3, -0.25) is 19.1 Å². The molecule has 1 amide bonds. The van der Waals surface area contributed by atoms with Gasteiger partial charge in [0.05, 0.1) is 10.9 Å². The molecule has 0 fully saturated rings. The fourth-order valence-corrected chi connectivity index (χ4v) is 2.77. The lowest BCUT2D eigenvalue weighted by Crippen LogP contribution is -2.41. The number of carbonyl (C=O) groups excluding carboxylic acids is 1. The molecular formula is C18H24N4O5. The number of amides is 1. The zero-order valence-corrected chi connectivity index (χ0v) is 15.8. The van der Waals surface area contributed by atoms with Crippen LogP contribution in [0.25, 0.3) is 11.0 Å². The monoisotopic (exact) mass is 376 g/mol. The fraction of sp³-hybridized carbons (Fsp3) is 0.500. The molecule has 0 bridgehead atoms. The van der Waals surface area contributed by atoms with E-state index >= 15 is 0 Å². The predicted molar refractivity (Wildman–Crippen MR) is 100 cm³/mol. The van der Waals surface area contributed by atoms with Crippen molar-refractivity contribution in [2.24, 2.45) is 0 Å². The van der Waals surface area contributed by atoms with Crippen molar-refractivity contribution in [1.82, 2.24) is 19.9 Å². The number of rotatable bonds is 7. The Balaban J connectivity index is 2.79. The average molecular weight is 376 g/mol. The maximum absolute atomic E-state index is 12.8. The third kappa shape index (κ3) is 4.07. The Kier molecular flexibility index (Phi) is 6.14. The van der Waals surface area contributed by atoms with Crippen LogP contribution in [-0.4, -0.2) is 37.6 Å². The Hall–Kier alpha value is -2.97. The molecule has 2 aromatic heterocycles. The first-order chi connectivity index (χ1) is 12.7. The number of hydrogen-bond acceptors (Lipinski definition) is 5. The highest BCUT2D eigenvalue weighted by molar-refractivity contribution is 6.06. The minimum atomic E-state index is -1.16. The van der Waals surface area contributed by atoms with Crippen LogP contribution >= 0.6 is 0 Å². The van der Waals surface area contributed by atoms with Crippen LogP contribution in [0.2, 0.25) is 0 Å². The topological polar surface area (TPSA) is 134 Å². The van der Waals surface area contributed by atoms with Gasteiger partial charge in [-0.2, -0.15) is 0 Å². The third-order valence-electron chi connectivity index (χ3n) is 4.26. The maximum Gasteiger partial charge on any atom is 0.329 e. The minimum Gasteiger partial charge on any atom is -0.480 e. The van der Waals surface area contributed by atoms with Gasteiger partial charge < -0.3 is 10.4 Å². The summed E-state index contributed by atoms with van der Waals surface area (Å²) in [6.45, 7) is 7.58. The van der Waals surface area contributed by atoms with Crippen LogP contribution in [0.4, 0.5) is 0 Å². The standard InChI is InChI=1S/C18H24N4O5/c1-5-7-22-14-13(16(24)21-18(22)27)10(8-12(19-14)9(3)4)15(23)20-11(6-2)17(25)26/h8-9,11H,5-7H2,1-4H3,(H,20,23)(H,25,26)(H,21,24,27). The molecule has 3 N–H and O–H groups in total. The summed E-state index contributed by atoms with van der Waals surface area (Å²) in [5.74, 6) is -1.91. The van der Waals surface area contributed by atoms with Gasteiger partial charge in [0.2, 0.25) is 0 Å². The first-order valence-electron chi connectivity index (χ1n) is 8.92. The van der Waals surface area contributed by atoms with Gasteiger partial charge in [0, 0.05) is 12.2 Å². The van der Waals surface area contributed by atoms with E-state index in [1.807, 2.05) is 20.8 Å². The lowest BCUT2D eigenvalue weighted by Gasteiger charge is -2.16. The van der Waals surface area contributed by atoms with E-state index in [0.29, 0.717) is 18.7 Å². The highest BCUT2D eigenvalue weighted by atomic mass is 16.4. The lowest BCUT2D eigenvalue weighted by molar-refractivity contribution is -0.139. The molecule has 27 heavy (non-hydrogen) atoms. The van der Waals surface area contributed by atoms with E-state index in [2.05, 4.69) is 15.3 Å². The number of aliphatic carboxylic acids is 1. The van der Waals surface area contributed by atoms with Gasteiger partial charge >= 0.3 is 11.7 Å². The molecule has 1 unspecified atom stereocenters. The maximum atomic E-state index is 12.8. The zero-order chi connectivity index (χ0) is 20.3. The third-order valence-corrected chi connectivity index (χ3v) is 4.26. The number of carboxylic acids is 1. The van der Waals surface area contributed by atoms with E-state index in [1.54, 1.807) is 6.92 Å². The molecule has 2 aromatic rings. The highest BCUT2D eigenvalue weighted by Gasteiger charge is 2.24. The van der Waals surface area contributed by atoms with Gasteiger partial charge in [0.15, 0.2) is 5.65 Å². The number of aromatic nitrogens is 3. The highest BCUT2D eigenvalue weighted by Crippen LogP contribution is 2.20. The molecular weight excluding hydrogens is 352 g/mol. The summed E-state index contributed by atoms with van der Waals surface area (Å²) >= 11 is 0. The number of nitrogens with one attached hydrogen (secondary N) is 2. The van der Waals surface area contributed by atoms with Gasteiger partial charge in [-0.25, -0.2) is 14.6 Å². The van der Waals surface area contributed by atoms with Crippen LogP contribution in [0, 0.1) is 0 Å². The molecule has 146 valence electrons. The van der Waals surface area contributed by atoms with Crippen molar-refractivity contribution < 1.29 is 14.7 Å². The summed E-state index contributed by atoms with van der Waals surface area (Å²) in [6, 6.07) is 0.399. The van der Waals surface area contributed by atoms with Crippen LogP contribution in [0.1, 0.15) is 62.5 Å². The van der Waals surface area contributed by atoms with Gasteiger partial charge in [-0.1, -0.05) is 27.7 Å². The van der Waals surface area contributed by atoms with Gasteiger partial charge in [-0.15, -0.1) is 0 Å². The molecule has 0 aliphatic heterocycles. The largest absolute Gasteiger partial charge is 0.480 e. The SMILES string of the molecule is CCCn1c(=O)[nH]c(=O)c2c(C(=O)NC(CC)C(=O)O)cc(C(C)C)nc21. The van der Waals surface area contributed by atoms with Crippen LogP contribution in [-0.2, 0) is 11.3 Å². The number of nitrogens with zero attached hydrogens (tertiary/aromatic N) is 2. The van der Waals surface area contributed by atoms with E-state index in [4.69, 9.17) is 0 Å². The van der Waals surface area contributed by atoms with E-state index in [0.717, 1.165) is 0 Å². The van der Waals surface area contributed by atoms with Gasteiger partial charge in [0.1, 0.15) is 6.04 Å². The van der Waals surface area contributed by atoms with Crippen molar-refractivity contribution in [3.05, 3.63) is 38.2 Å². The molecule has 0 spiro atoms. The number of carbonyl (C=O) groups is 2. The van der Waals surface area contributed by atoms with E-state index in [1.165, 1.54) is 10.6 Å². The molecule has 0 radical (unpaired) electrons. The van der Waals surface area contributed by atoms with Crippen molar-refractivity contribution in [2.75, 3.05) is 0 Å². The van der Waals surface area contributed by atoms with E-state index in [9.17, 15) is 24.3 Å². The average Bonchev–Trinajstić information content (AvgIpc) is 2.61. The number of carboxylic acid groups (broad SMARTS) is 1. The lowest BCUT2D eigenvalue weighted by atomic mass is 10.0. The quantitative estimate of drug-likeness (QED) is 0.665. The number of H-pyrrole nitrogens is 1. The molecule has 9 nitrogen and oxygen atoms in total. The summed E-state index contributed by atoms with van der Waals surface area (Å²) in [6.07, 6.45) is 0.825. The smallest absolute Gasteiger partial charge is 0.329 e. The van der Waals surface area contributed by atoms with Crippen LogP contribution in [0.3, 0.4) is 0 Å². The number of hydrogen-bond donors (Lipinski definition) is 3. The summed E-state index contributed by atoms with van der Waals surface area (Å²) in [7, 11) is 0. The summed E-state index contributed by atoms with van der Waals surface area (Å²) in [5, 5.41) is 11.6. The first-order valence-corrected chi connectivity index (χ1v) is 8.92. The Bertz CT molecular complexity index is 990.